The minimum Gasteiger partial charge on any atom is -0.333 e. The monoisotopic (exact) mass is 394 g/mol. The molecule has 1 atom stereocenters. The Morgan fingerprint density at radius 3 is 2.78 bits per heavy atom. The van der Waals surface area contributed by atoms with Crippen LogP contribution < -0.4 is 0 Å². The van der Waals surface area contributed by atoms with Gasteiger partial charge in [-0.25, -0.2) is 4.21 Å². The van der Waals surface area contributed by atoms with Crippen LogP contribution in [0.5, 0.6) is 0 Å². The van der Waals surface area contributed by atoms with Gasteiger partial charge in [0, 0.05) is 19.2 Å². The van der Waals surface area contributed by atoms with E-state index in [1.165, 1.54) is 17.2 Å². The first-order valence-corrected chi connectivity index (χ1v) is 10.5. The summed E-state index contributed by atoms with van der Waals surface area (Å²) in [6.45, 7) is 4.72. The first-order valence-electron chi connectivity index (χ1n) is 8.62. The van der Waals surface area contributed by atoms with Gasteiger partial charge in [0.15, 0.2) is 5.82 Å². The van der Waals surface area contributed by atoms with Crippen LogP contribution in [0.4, 0.5) is 0 Å². The van der Waals surface area contributed by atoms with Crippen molar-refractivity contribution in [3.05, 3.63) is 17.7 Å². The number of hydrogen-bond acceptors (Lipinski definition) is 7. The van der Waals surface area contributed by atoms with E-state index in [-0.39, 0.29) is 31.3 Å². The Morgan fingerprint density at radius 1 is 1.33 bits per heavy atom. The van der Waals surface area contributed by atoms with Gasteiger partial charge in [-0.15, -0.1) is 10.2 Å². The molecule has 27 heavy (non-hydrogen) atoms. The summed E-state index contributed by atoms with van der Waals surface area (Å²) in [4.78, 5) is 27.7. The van der Waals surface area contributed by atoms with E-state index in [1.54, 1.807) is 16.5 Å². The Morgan fingerprint density at radius 2 is 2.11 bits per heavy atom. The molecule has 0 aromatic carbocycles. The van der Waals surface area contributed by atoms with Gasteiger partial charge in [-0.3, -0.25) is 14.3 Å². The van der Waals surface area contributed by atoms with Gasteiger partial charge < -0.3 is 4.90 Å². The molecule has 146 valence electrons. The molecular formula is C15H22N8O3S. The Balaban J connectivity index is 1.81. The summed E-state index contributed by atoms with van der Waals surface area (Å²) in [5.41, 5.74) is 0.637. The molecule has 3 rings (SSSR count). The average molecular weight is 394 g/mol. The molecule has 2 aromatic heterocycles. The molecule has 0 saturated carbocycles. The summed E-state index contributed by atoms with van der Waals surface area (Å²) in [5.74, 6) is -0.0698. The second-order valence-electron chi connectivity index (χ2n) is 6.40. The molecule has 0 fully saturated rings. The van der Waals surface area contributed by atoms with Gasteiger partial charge >= 0.3 is 0 Å². The van der Waals surface area contributed by atoms with Crippen LogP contribution in [0.2, 0.25) is 0 Å². The fourth-order valence-electron chi connectivity index (χ4n) is 2.86. The third kappa shape index (κ3) is 4.21. The number of rotatable bonds is 5. The van der Waals surface area contributed by atoms with Crippen molar-refractivity contribution in [2.24, 2.45) is 4.36 Å². The van der Waals surface area contributed by atoms with Gasteiger partial charge in [-0.2, -0.15) is 14.3 Å². The number of fused-ring (bicyclic) bond motifs is 1. The van der Waals surface area contributed by atoms with Crippen LogP contribution in [0.3, 0.4) is 0 Å². The fourth-order valence-corrected chi connectivity index (χ4v) is 4.29. The van der Waals surface area contributed by atoms with Crippen molar-refractivity contribution >= 4 is 21.5 Å². The normalized spacial score (nSPS) is 15.9. The van der Waals surface area contributed by atoms with Gasteiger partial charge in [0.2, 0.25) is 5.91 Å². The van der Waals surface area contributed by atoms with Crippen molar-refractivity contribution in [3.8, 4) is 0 Å². The molecule has 3 heterocycles. The molecule has 2 amide bonds. The minimum atomic E-state index is -2.92. The highest BCUT2D eigenvalue weighted by Gasteiger charge is 2.27. The first-order chi connectivity index (χ1) is 12.8. The molecule has 0 bridgehead atoms. The average Bonchev–Trinajstić information content (AvgIpc) is 3.20. The van der Waals surface area contributed by atoms with Crippen molar-refractivity contribution in [1.29, 1.82) is 0 Å². The van der Waals surface area contributed by atoms with Crippen LogP contribution in [-0.2, 0) is 39.0 Å². The van der Waals surface area contributed by atoms with Crippen LogP contribution in [0.25, 0.3) is 0 Å². The predicted molar refractivity (Wildman–Crippen MR) is 94.9 cm³/mol. The maximum absolute atomic E-state index is 13.0. The number of tetrazole rings is 1. The van der Waals surface area contributed by atoms with Crippen molar-refractivity contribution in [3.63, 3.8) is 0 Å². The number of amides is 2. The van der Waals surface area contributed by atoms with E-state index in [0.29, 0.717) is 35.9 Å². The van der Waals surface area contributed by atoms with Crippen molar-refractivity contribution < 1.29 is 13.8 Å². The Hall–Kier alpha value is -2.63. The molecule has 1 aliphatic rings. The van der Waals surface area contributed by atoms with Gasteiger partial charge in [-0.05, 0) is 18.6 Å². The van der Waals surface area contributed by atoms with E-state index in [4.69, 9.17) is 0 Å². The highest BCUT2D eigenvalue weighted by molar-refractivity contribution is 7.93. The molecular weight excluding hydrogens is 372 g/mol. The Kier molecular flexibility index (Phi) is 5.35. The number of hydrogen-bond donors (Lipinski definition) is 0. The zero-order chi connectivity index (χ0) is 19.6. The van der Waals surface area contributed by atoms with Crippen molar-refractivity contribution in [1.82, 2.24) is 34.9 Å². The molecule has 11 nitrogen and oxygen atoms in total. The van der Waals surface area contributed by atoms with Gasteiger partial charge in [0.05, 0.1) is 39.6 Å². The largest absolute Gasteiger partial charge is 0.333 e. The van der Waals surface area contributed by atoms with Crippen LogP contribution in [-0.4, -0.2) is 63.7 Å². The smallest absolute Gasteiger partial charge is 0.254 e. The van der Waals surface area contributed by atoms with E-state index in [9.17, 15) is 13.8 Å². The number of aromatic nitrogens is 6. The summed E-state index contributed by atoms with van der Waals surface area (Å²) >= 11 is 0. The molecule has 0 spiro atoms. The summed E-state index contributed by atoms with van der Waals surface area (Å²) < 4.78 is 18.6. The lowest BCUT2D eigenvalue weighted by atomic mass is 10.3. The number of nitrogens with zero attached hydrogens (tertiary/aromatic N) is 8. The number of carbonyl (C=O) groups is 2. The summed E-state index contributed by atoms with van der Waals surface area (Å²) in [6.07, 6.45) is 3.81. The summed E-state index contributed by atoms with van der Waals surface area (Å²) in [7, 11) is -2.92. The highest BCUT2D eigenvalue weighted by Crippen LogP contribution is 2.22. The Bertz CT molecular complexity index is 985. The molecule has 1 unspecified atom stereocenters. The second kappa shape index (κ2) is 7.55. The second-order valence-corrected chi connectivity index (χ2v) is 8.63. The summed E-state index contributed by atoms with van der Waals surface area (Å²) in [5, 5.41) is 15.8. The van der Waals surface area contributed by atoms with Crippen LogP contribution in [0.15, 0.2) is 15.5 Å². The molecule has 12 heteroatoms. The topological polar surface area (TPSA) is 128 Å². The van der Waals surface area contributed by atoms with Crippen LogP contribution in [0, 0.1) is 6.92 Å². The maximum atomic E-state index is 13.0. The molecule has 2 aromatic rings. The lowest BCUT2D eigenvalue weighted by Gasteiger charge is -2.28. The standard InChI is InChI=1S/C15H22N8O3S/c1-4-5-14(24)19-27(3,26)13-8-16-22-7-6-21(9-12(13)22)15(25)10-23-18-11(2)17-20-23/h8H,4-7,9-10H2,1-3H3. The molecule has 0 aliphatic carbocycles. The SMILES string of the molecule is CCCC(=O)N=S(C)(=O)c1cnn2c1CN(C(=O)Cn1nnc(C)n1)CC2. The van der Waals surface area contributed by atoms with Gasteiger partial charge in [0.1, 0.15) is 6.54 Å². The zero-order valence-corrected chi connectivity index (χ0v) is 16.3. The van der Waals surface area contributed by atoms with Gasteiger partial charge in [-0.1, -0.05) is 6.92 Å². The first kappa shape index (κ1) is 19.1. The van der Waals surface area contributed by atoms with E-state index in [0.717, 1.165) is 0 Å². The molecule has 0 radical (unpaired) electrons. The van der Waals surface area contributed by atoms with E-state index >= 15 is 0 Å². The van der Waals surface area contributed by atoms with Crippen LogP contribution in [0.1, 0.15) is 31.3 Å². The lowest BCUT2D eigenvalue weighted by molar-refractivity contribution is -0.133. The Labute approximate surface area is 156 Å². The van der Waals surface area contributed by atoms with Gasteiger partial charge in [0.25, 0.3) is 5.91 Å². The fraction of sp³-hybridized carbons (Fsp3) is 0.600. The number of aryl methyl sites for hydroxylation is 1. The van der Waals surface area contributed by atoms with Crippen molar-refractivity contribution in [2.75, 3.05) is 12.8 Å². The maximum Gasteiger partial charge on any atom is 0.254 e. The minimum absolute atomic E-state index is 0.0226. The van der Waals surface area contributed by atoms with E-state index in [2.05, 4.69) is 24.9 Å². The molecule has 0 saturated heterocycles. The quantitative estimate of drug-likeness (QED) is 0.698. The van der Waals surface area contributed by atoms with Crippen molar-refractivity contribution in [2.45, 2.75) is 51.2 Å². The highest BCUT2D eigenvalue weighted by atomic mass is 32.2. The molecule has 1 aliphatic heterocycles. The van der Waals surface area contributed by atoms with E-state index < -0.39 is 9.73 Å². The third-order valence-electron chi connectivity index (χ3n) is 4.16. The third-order valence-corrected chi connectivity index (χ3v) is 5.87. The van der Waals surface area contributed by atoms with Crippen LogP contribution >= 0.6 is 0 Å². The number of carbonyl (C=O) groups excluding carboxylic acids is 2. The zero-order valence-electron chi connectivity index (χ0n) is 15.5. The molecule has 0 N–H and O–H groups in total. The summed E-state index contributed by atoms with van der Waals surface area (Å²) in [6, 6.07) is 0. The van der Waals surface area contributed by atoms with E-state index in [1.807, 2.05) is 6.92 Å². The lowest BCUT2D eigenvalue weighted by Crippen LogP contribution is -2.40. The predicted octanol–water partition coefficient (Wildman–Crippen LogP) is 0.00382.